The highest BCUT2D eigenvalue weighted by Gasteiger charge is 2.19. The number of carbonyl (C=O) groups is 1. The third-order valence-electron chi connectivity index (χ3n) is 3.60. The molecule has 2 heterocycles. The van der Waals surface area contributed by atoms with E-state index in [0.29, 0.717) is 13.0 Å². The molecule has 0 saturated carbocycles. The van der Waals surface area contributed by atoms with Gasteiger partial charge in [0.2, 0.25) is 5.91 Å². The van der Waals surface area contributed by atoms with Gasteiger partial charge in [0, 0.05) is 18.7 Å². The summed E-state index contributed by atoms with van der Waals surface area (Å²) in [5.74, 6) is 0.885. The number of nitrogens with zero attached hydrogens (tertiary/aromatic N) is 2. The normalized spacial score (nSPS) is 10.8. The van der Waals surface area contributed by atoms with E-state index in [1.54, 1.807) is 11.3 Å². The molecule has 0 N–H and O–H groups in total. The Morgan fingerprint density at radius 2 is 2.24 bits per heavy atom. The second-order valence-corrected chi connectivity index (χ2v) is 6.06. The monoisotopic (exact) mass is 306 g/mol. The predicted molar refractivity (Wildman–Crippen MR) is 84.3 cm³/mol. The van der Waals surface area contributed by atoms with Gasteiger partial charge in [-0.3, -0.25) is 4.79 Å². The number of carbonyl (C=O) groups excluding carboxylic acids is 1. The van der Waals surface area contributed by atoms with Gasteiger partial charge in [0.1, 0.15) is 5.76 Å². The summed E-state index contributed by atoms with van der Waals surface area (Å²) in [4.78, 5) is 14.5. The van der Waals surface area contributed by atoms with Gasteiger partial charge in [-0.15, -0.1) is 0 Å². The average molecular weight is 306 g/mol. The first-order valence-electron chi connectivity index (χ1n) is 7.32. The van der Waals surface area contributed by atoms with Gasteiger partial charge >= 0.3 is 0 Å². The van der Waals surface area contributed by atoms with Crippen LogP contribution in [0.15, 0.2) is 21.3 Å². The standard InChI is InChI=1S/C16H22N2O2S/c1-4-5-7-18(10-14-6-8-21-11-14)16(19)9-15-12(2)17-20-13(15)3/h6,8,11H,4-5,7,9-10H2,1-3H3. The molecule has 0 aromatic carbocycles. The van der Waals surface area contributed by atoms with Crippen LogP contribution in [0.4, 0.5) is 0 Å². The Labute approximate surface area is 129 Å². The quantitative estimate of drug-likeness (QED) is 0.783. The van der Waals surface area contributed by atoms with E-state index in [-0.39, 0.29) is 5.91 Å². The molecule has 0 aliphatic rings. The highest BCUT2D eigenvalue weighted by atomic mass is 32.1. The minimum absolute atomic E-state index is 0.143. The van der Waals surface area contributed by atoms with Crippen LogP contribution in [-0.4, -0.2) is 22.5 Å². The molecule has 0 fully saturated rings. The zero-order valence-electron chi connectivity index (χ0n) is 12.9. The van der Waals surface area contributed by atoms with E-state index in [2.05, 4.69) is 23.5 Å². The van der Waals surface area contributed by atoms with Gasteiger partial charge in [-0.05, 0) is 42.7 Å². The fourth-order valence-electron chi connectivity index (χ4n) is 2.26. The molecule has 0 bridgehead atoms. The topological polar surface area (TPSA) is 46.3 Å². The van der Waals surface area contributed by atoms with Crippen LogP contribution in [0.5, 0.6) is 0 Å². The van der Waals surface area contributed by atoms with Crippen molar-refractivity contribution in [1.29, 1.82) is 0 Å². The van der Waals surface area contributed by atoms with Crippen molar-refractivity contribution in [2.75, 3.05) is 6.54 Å². The number of hydrogen-bond donors (Lipinski definition) is 0. The first-order chi connectivity index (χ1) is 10.1. The Hall–Kier alpha value is -1.62. The van der Waals surface area contributed by atoms with Gasteiger partial charge in [-0.25, -0.2) is 0 Å². The van der Waals surface area contributed by atoms with Crippen LogP contribution in [0.1, 0.15) is 42.3 Å². The fraction of sp³-hybridized carbons (Fsp3) is 0.500. The molecule has 0 unspecified atom stereocenters. The molecular formula is C16H22N2O2S. The smallest absolute Gasteiger partial charge is 0.227 e. The first kappa shape index (κ1) is 15.8. The molecule has 21 heavy (non-hydrogen) atoms. The summed E-state index contributed by atoms with van der Waals surface area (Å²) in [6.07, 6.45) is 2.48. The molecule has 2 rings (SSSR count). The Bertz CT molecular complexity index is 556. The maximum absolute atomic E-state index is 12.6. The molecule has 114 valence electrons. The molecule has 0 aliphatic carbocycles. The van der Waals surface area contributed by atoms with E-state index in [1.165, 1.54) is 5.56 Å². The van der Waals surface area contributed by atoms with Gasteiger partial charge in [0.05, 0.1) is 12.1 Å². The number of unbranched alkanes of at least 4 members (excludes halogenated alkanes) is 1. The van der Waals surface area contributed by atoms with E-state index in [4.69, 9.17) is 4.52 Å². The average Bonchev–Trinajstić information content (AvgIpc) is 3.08. The van der Waals surface area contributed by atoms with E-state index < -0.39 is 0 Å². The summed E-state index contributed by atoms with van der Waals surface area (Å²) in [7, 11) is 0. The van der Waals surface area contributed by atoms with Crippen molar-refractivity contribution in [2.45, 2.75) is 46.6 Å². The number of thiophene rings is 1. The van der Waals surface area contributed by atoms with Crippen LogP contribution in [-0.2, 0) is 17.8 Å². The number of aryl methyl sites for hydroxylation is 2. The fourth-order valence-corrected chi connectivity index (χ4v) is 2.92. The van der Waals surface area contributed by atoms with Gasteiger partial charge in [0.15, 0.2) is 0 Å². The third-order valence-corrected chi connectivity index (χ3v) is 4.33. The van der Waals surface area contributed by atoms with Crippen LogP contribution in [0, 0.1) is 13.8 Å². The van der Waals surface area contributed by atoms with E-state index in [9.17, 15) is 4.79 Å². The molecule has 4 nitrogen and oxygen atoms in total. The molecule has 1 amide bonds. The second kappa shape index (κ2) is 7.41. The Kier molecular flexibility index (Phi) is 5.56. The van der Waals surface area contributed by atoms with E-state index >= 15 is 0 Å². The summed E-state index contributed by atoms with van der Waals surface area (Å²) >= 11 is 1.66. The van der Waals surface area contributed by atoms with E-state index in [0.717, 1.165) is 36.4 Å². The third kappa shape index (κ3) is 4.17. The van der Waals surface area contributed by atoms with Gasteiger partial charge < -0.3 is 9.42 Å². The summed E-state index contributed by atoms with van der Waals surface area (Å²) in [6, 6.07) is 2.08. The number of aromatic nitrogens is 1. The van der Waals surface area contributed by atoms with Crippen molar-refractivity contribution in [2.24, 2.45) is 0 Å². The van der Waals surface area contributed by atoms with Gasteiger partial charge in [0.25, 0.3) is 0 Å². The molecule has 2 aromatic heterocycles. The number of amides is 1. The Morgan fingerprint density at radius 1 is 1.43 bits per heavy atom. The maximum Gasteiger partial charge on any atom is 0.227 e. The minimum atomic E-state index is 0.143. The largest absolute Gasteiger partial charge is 0.361 e. The Morgan fingerprint density at radius 3 is 2.81 bits per heavy atom. The summed E-state index contributed by atoms with van der Waals surface area (Å²) < 4.78 is 5.14. The van der Waals surface area contributed by atoms with Crippen molar-refractivity contribution < 1.29 is 9.32 Å². The van der Waals surface area contributed by atoms with Crippen molar-refractivity contribution in [3.63, 3.8) is 0 Å². The molecule has 0 spiro atoms. The van der Waals surface area contributed by atoms with Crippen LogP contribution in [0.3, 0.4) is 0 Å². The summed E-state index contributed by atoms with van der Waals surface area (Å²) in [6.45, 7) is 7.37. The molecule has 0 saturated heterocycles. The maximum atomic E-state index is 12.6. The molecule has 5 heteroatoms. The van der Waals surface area contributed by atoms with Crippen LogP contribution in [0.25, 0.3) is 0 Å². The van der Waals surface area contributed by atoms with Gasteiger partial charge in [-0.1, -0.05) is 18.5 Å². The molecule has 2 aromatic rings. The van der Waals surface area contributed by atoms with Crippen LogP contribution < -0.4 is 0 Å². The van der Waals surface area contributed by atoms with Crippen molar-refractivity contribution in [3.8, 4) is 0 Å². The van der Waals surface area contributed by atoms with Crippen molar-refractivity contribution in [3.05, 3.63) is 39.4 Å². The summed E-state index contributed by atoms with van der Waals surface area (Å²) in [5.41, 5.74) is 2.93. The molecule has 0 aliphatic heterocycles. The predicted octanol–water partition coefficient (Wildman–Crippen LogP) is 3.72. The lowest BCUT2D eigenvalue weighted by Gasteiger charge is -2.22. The van der Waals surface area contributed by atoms with E-state index in [1.807, 2.05) is 24.1 Å². The highest BCUT2D eigenvalue weighted by molar-refractivity contribution is 7.07. The Balaban J connectivity index is 2.06. The van der Waals surface area contributed by atoms with Crippen molar-refractivity contribution in [1.82, 2.24) is 10.1 Å². The molecule has 0 atom stereocenters. The lowest BCUT2D eigenvalue weighted by molar-refractivity contribution is -0.131. The van der Waals surface area contributed by atoms with Gasteiger partial charge in [-0.2, -0.15) is 11.3 Å². The summed E-state index contributed by atoms with van der Waals surface area (Å²) in [5, 5.41) is 8.07. The lowest BCUT2D eigenvalue weighted by atomic mass is 10.1. The van der Waals surface area contributed by atoms with Crippen LogP contribution >= 0.6 is 11.3 Å². The zero-order valence-corrected chi connectivity index (χ0v) is 13.7. The number of hydrogen-bond acceptors (Lipinski definition) is 4. The first-order valence-corrected chi connectivity index (χ1v) is 8.26. The lowest BCUT2D eigenvalue weighted by Crippen LogP contribution is -2.32. The SMILES string of the molecule is CCCCN(Cc1ccsc1)C(=O)Cc1c(C)noc1C. The zero-order chi connectivity index (χ0) is 15.2. The molecule has 0 radical (unpaired) electrons. The minimum Gasteiger partial charge on any atom is -0.361 e. The second-order valence-electron chi connectivity index (χ2n) is 5.28. The van der Waals surface area contributed by atoms with Crippen molar-refractivity contribution >= 4 is 17.2 Å². The highest BCUT2D eigenvalue weighted by Crippen LogP contribution is 2.16. The molecular weight excluding hydrogens is 284 g/mol. The number of rotatable bonds is 7. The van der Waals surface area contributed by atoms with Crippen LogP contribution in [0.2, 0.25) is 0 Å².